The Labute approximate surface area is 101 Å². The fourth-order valence-electron chi connectivity index (χ4n) is 2.18. The first-order valence-corrected chi connectivity index (χ1v) is 5.96. The van der Waals surface area contributed by atoms with Gasteiger partial charge >= 0.3 is 0 Å². The number of amides is 1. The van der Waals surface area contributed by atoms with E-state index in [0.29, 0.717) is 12.4 Å². The highest BCUT2D eigenvalue weighted by Crippen LogP contribution is 2.27. The molecule has 0 spiro atoms. The zero-order valence-corrected chi connectivity index (χ0v) is 10.1. The van der Waals surface area contributed by atoms with E-state index in [4.69, 9.17) is 5.73 Å². The van der Waals surface area contributed by atoms with Crippen LogP contribution in [0.4, 0.5) is 0 Å². The third-order valence-electron chi connectivity index (χ3n) is 3.21. The molecule has 92 valence electrons. The Morgan fingerprint density at radius 1 is 1.53 bits per heavy atom. The average molecular weight is 234 g/mol. The van der Waals surface area contributed by atoms with Crippen molar-refractivity contribution in [3.63, 3.8) is 0 Å². The normalized spacial score (nSPS) is 18.0. The number of nitrogens with two attached hydrogens (primary N) is 1. The minimum Gasteiger partial charge on any atom is -0.349 e. The predicted octanol–water partition coefficient (Wildman–Crippen LogP) is 0.673. The van der Waals surface area contributed by atoms with Crippen LogP contribution in [0.15, 0.2) is 12.3 Å². The van der Waals surface area contributed by atoms with Gasteiger partial charge in [-0.25, -0.2) is 9.97 Å². The monoisotopic (exact) mass is 234 g/mol. The van der Waals surface area contributed by atoms with Crippen molar-refractivity contribution in [2.45, 2.75) is 44.7 Å². The Kier molecular flexibility index (Phi) is 3.38. The van der Waals surface area contributed by atoms with Gasteiger partial charge in [0.2, 0.25) is 5.91 Å². The summed E-state index contributed by atoms with van der Waals surface area (Å²) in [6.07, 6.45) is 5.33. The second kappa shape index (κ2) is 4.79. The number of rotatable bonds is 3. The molecule has 5 nitrogen and oxygen atoms in total. The van der Waals surface area contributed by atoms with Gasteiger partial charge in [0.1, 0.15) is 5.82 Å². The maximum atomic E-state index is 11.9. The van der Waals surface area contributed by atoms with Crippen LogP contribution in [-0.2, 0) is 11.3 Å². The zero-order chi connectivity index (χ0) is 12.3. The molecule has 1 amide bonds. The molecule has 17 heavy (non-hydrogen) atoms. The maximum absolute atomic E-state index is 11.9. The molecule has 1 saturated carbocycles. The van der Waals surface area contributed by atoms with Gasteiger partial charge in [0.25, 0.3) is 0 Å². The van der Waals surface area contributed by atoms with E-state index >= 15 is 0 Å². The fourth-order valence-corrected chi connectivity index (χ4v) is 2.18. The highest BCUT2D eigenvalue weighted by molar-refractivity contribution is 5.86. The summed E-state index contributed by atoms with van der Waals surface area (Å²) in [6, 6.07) is 1.80. The van der Waals surface area contributed by atoms with E-state index in [1.54, 1.807) is 12.3 Å². The molecule has 1 aromatic rings. The summed E-state index contributed by atoms with van der Waals surface area (Å²) in [7, 11) is 0. The fraction of sp³-hybridized carbons (Fsp3) is 0.583. The zero-order valence-electron chi connectivity index (χ0n) is 10.1. The highest BCUT2D eigenvalue weighted by atomic mass is 16.2. The number of aryl methyl sites for hydroxylation is 1. The number of nitrogens with zero attached hydrogens (tertiary/aromatic N) is 2. The first kappa shape index (κ1) is 12.0. The summed E-state index contributed by atoms with van der Waals surface area (Å²) in [6.45, 7) is 2.24. The van der Waals surface area contributed by atoms with Crippen LogP contribution in [0, 0.1) is 6.92 Å². The van der Waals surface area contributed by atoms with Crippen molar-refractivity contribution in [2.75, 3.05) is 0 Å². The van der Waals surface area contributed by atoms with Gasteiger partial charge in [-0.15, -0.1) is 0 Å². The Bertz CT molecular complexity index is 413. The number of hydrogen-bond donors (Lipinski definition) is 2. The van der Waals surface area contributed by atoms with Crippen LogP contribution in [0.1, 0.15) is 37.2 Å². The standard InChI is InChI=1S/C12H18N4O/c1-9-14-7-4-10(16-9)8-15-11(17)12(13)5-2-3-6-12/h4,7H,2-3,5-6,8,13H2,1H3,(H,15,17). The Balaban J connectivity index is 1.92. The molecule has 1 aromatic heterocycles. The second-order valence-electron chi connectivity index (χ2n) is 4.64. The molecular formula is C12H18N4O. The Hall–Kier alpha value is -1.49. The average Bonchev–Trinajstić information content (AvgIpc) is 2.74. The van der Waals surface area contributed by atoms with Gasteiger partial charge in [-0.2, -0.15) is 0 Å². The van der Waals surface area contributed by atoms with Gasteiger partial charge in [-0.1, -0.05) is 12.8 Å². The van der Waals surface area contributed by atoms with Crippen LogP contribution in [-0.4, -0.2) is 21.4 Å². The molecule has 0 aliphatic heterocycles. The second-order valence-corrected chi connectivity index (χ2v) is 4.64. The number of carbonyl (C=O) groups is 1. The van der Waals surface area contributed by atoms with Crippen LogP contribution >= 0.6 is 0 Å². The number of carbonyl (C=O) groups excluding carboxylic acids is 1. The van der Waals surface area contributed by atoms with Crippen LogP contribution in [0.25, 0.3) is 0 Å². The van der Waals surface area contributed by atoms with Crippen molar-refractivity contribution in [3.05, 3.63) is 23.8 Å². The van der Waals surface area contributed by atoms with E-state index in [1.165, 1.54) is 0 Å². The van der Waals surface area contributed by atoms with Gasteiger partial charge in [0.05, 0.1) is 17.8 Å². The smallest absolute Gasteiger partial charge is 0.240 e. The highest BCUT2D eigenvalue weighted by Gasteiger charge is 2.36. The number of aromatic nitrogens is 2. The first-order valence-electron chi connectivity index (χ1n) is 5.96. The lowest BCUT2D eigenvalue weighted by molar-refractivity contribution is -0.126. The van der Waals surface area contributed by atoms with E-state index in [1.807, 2.05) is 6.92 Å². The third-order valence-corrected chi connectivity index (χ3v) is 3.21. The Morgan fingerprint density at radius 2 is 2.24 bits per heavy atom. The molecule has 0 bridgehead atoms. The summed E-state index contributed by atoms with van der Waals surface area (Å²) in [5, 5.41) is 2.85. The van der Waals surface area contributed by atoms with Gasteiger partial charge in [-0.05, 0) is 25.8 Å². The quantitative estimate of drug-likeness (QED) is 0.805. The molecule has 5 heteroatoms. The molecule has 1 fully saturated rings. The van der Waals surface area contributed by atoms with Crippen molar-refractivity contribution in [1.29, 1.82) is 0 Å². The van der Waals surface area contributed by atoms with Gasteiger partial charge in [-0.3, -0.25) is 4.79 Å². The van der Waals surface area contributed by atoms with Crippen LogP contribution in [0.3, 0.4) is 0 Å². The summed E-state index contributed by atoms with van der Waals surface area (Å²) in [5.74, 6) is 0.645. The molecule has 1 aliphatic carbocycles. The largest absolute Gasteiger partial charge is 0.349 e. The number of nitrogens with one attached hydrogen (secondary N) is 1. The summed E-state index contributed by atoms with van der Waals surface area (Å²) in [5.41, 5.74) is 6.20. The van der Waals surface area contributed by atoms with Gasteiger partial charge in [0, 0.05) is 6.20 Å². The lowest BCUT2D eigenvalue weighted by Gasteiger charge is -2.22. The molecule has 0 saturated heterocycles. The van der Waals surface area contributed by atoms with Crippen LogP contribution < -0.4 is 11.1 Å². The van der Waals surface area contributed by atoms with Crippen LogP contribution in [0.2, 0.25) is 0 Å². The molecule has 1 aliphatic rings. The lowest BCUT2D eigenvalue weighted by Crippen LogP contribution is -2.51. The van der Waals surface area contributed by atoms with Gasteiger partial charge in [0.15, 0.2) is 0 Å². The van der Waals surface area contributed by atoms with Crippen LogP contribution in [0.5, 0.6) is 0 Å². The van der Waals surface area contributed by atoms with Crippen molar-refractivity contribution in [1.82, 2.24) is 15.3 Å². The van der Waals surface area contributed by atoms with Crippen molar-refractivity contribution in [3.8, 4) is 0 Å². The minimum atomic E-state index is -0.665. The molecule has 3 N–H and O–H groups in total. The van der Waals surface area contributed by atoms with Crippen molar-refractivity contribution < 1.29 is 4.79 Å². The van der Waals surface area contributed by atoms with Gasteiger partial charge < -0.3 is 11.1 Å². The molecule has 0 atom stereocenters. The summed E-state index contributed by atoms with van der Waals surface area (Å²) in [4.78, 5) is 20.2. The minimum absolute atomic E-state index is 0.0636. The SMILES string of the molecule is Cc1nccc(CNC(=O)C2(N)CCCC2)n1. The molecule has 0 unspecified atom stereocenters. The molecule has 2 rings (SSSR count). The lowest BCUT2D eigenvalue weighted by atomic mass is 9.98. The molecule has 1 heterocycles. The van der Waals surface area contributed by atoms with E-state index in [9.17, 15) is 4.79 Å². The van der Waals surface area contributed by atoms with Crippen molar-refractivity contribution in [2.24, 2.45) is 5.73 Å². The van der Waals surface area contributed by atoms with E-state index in [2.05, 4.69) is 15.3 Å². The molecule has 0 aromatic carbocycles. The van der Waals surface area contributed by atoms with E-state index in [-0.39, 0.29) is 5.91 Å². The van der Waals surface area contributed by atoms with Crippen molar-refractivity contribution >= 4 is 5.91 Å². The third kappa shape index (κ3) is 2.79. The number of hydrogen-bond acceptors (Lipinski definition) is 4. The van der Waals surface area contributed by atoms with E-state index < -0.39 is 5.54 Å². The molecule has 0 radical (unpaired) electrons. The van der Waals surface area contributed by atoms with E-state index in [0.717, 1.165) is 31.4 Å². The first-order chi connectivity index (χ1) is 8.10. The Morgan fingerprint density at radius 3 is 2.88 bits per heavy atom. The predicted molar refractivity (Wildman–Crippen MR) is 64.0 cm³/mol. The molecular weight excluding hydrogens is 216 g/mol. The summed E-state index contributed by atoms with van der Waals surface area (Å²) < 4.78 is 0. The topological polar surface area (TPSA) is 80.9 Å². The maximum Gasteiger partial charge on any atom is 0.240 e. The summed E-state index contributed by atoms with van der Waals surface area (Å²) >= 11 is 0.